The first kappa shape index (κ1) is 12.4. The largest absolute Gasteiger partial charge is 0.436 e. The van der Waals surface area contributed by atoms with Gasteiger partial charge in [0.2, 0.25) is 5.88 Å². The van der Waals surface area contributed by atoms with E-state index in [2.05, 4.69) is 10.2 Å². The summed E-state index contributed by atoms with van der Waals surface area (Å²) < 4.78 is 5.46. The van der Waals surface area contributed by atoms with Crippen LogP contribution in [-0.4, -0.2) is 10.2 Å². The maximum atomic E-state index is 5.96. The maximum Gasteiger partial charge on any atom is 0.238 e. The standard InChI is InChI=1S/C11H7Cl3N2O/c12-6-8-2-4-11(16-15-8)17-10-3-1-7(13)5-9(10)14/h1-5H,6H2. The van der Waals surface area contributed by atoms with E-state index in [-0.39, 0.29) is 0 Å². The molecule has 1 aromatic carbocycles. The molecule has 1 aromatic heterocycles. The van der Waals surface area contributed by atoms with E-state index >= 15 is 0 Å². The summed E-state index contributed by atoms with van der Waals surface area (Å²) in [6, 6.07) is 8.36. The number of ether oxygens (including phenoxy) is 1. The third-order valence-corrected chi connectivity index (χ3v) is 2.74. The lowest BCUT2D eigenvalue weighted by atomic mass is 10.3. The van der Waals surface area contributed by atoms with Crippen LogP contribution in [0.1, 0.15) is 5.69 Å². The highest BCUT2D eigenvalue weighted by atomic mass is 35.5. The highest BCUT2D eigenvalue weighted by molar-refractivity contribution is 6.35. The second-order valence-corrected chi connectivity index (χ2v) is 4.28. The Balaban J connectivity index is 2.19. The molecule has 3 nitrogen and oxygen atoms in total. The maximum absolute atomic E-state index is 5.96. The van der Waals surface area contributed by atoms with Crippen molar-refractivity contribution < 1.29 is 4.74 Å². The van der Waals surface area contributed by atoms with Crippen LogP contribution in [0.3, 0.4) is 0 Å². The highest BCUT2D eigenvalue weighted by Gasteiger charge is 2.05. The monoisotopic (exact) mass is 288 g/mol. The Kier molecular flexibility index (Phi) is 4.05. The molecule has 0 spiro atoms. The van der Waals surface area contributed by atoms with Gasteiger partial charge in [0, 0.05) is 11.1 Å². The van der Waals surface area contributed by atoms with Crippen LogP contribution in [0.15, 0.2) is 30.3 Å². The fraction of sp³-hybridized carbons (Fsp3) is 0.0909. The van der Waals surface area contributed by atoms with Crippen molar-refractivity contribution in [2.75, 3.05) is 0 Å². The molecule has 2 rings (SSSR count). The van der Waals surface area contributed by atoms with Crippen LogP contribution in [-0.2, 0) is 5.88 Å². The van der Waals surface area contributed by atoms with Crippen LogP contribution in [0, 0.1) is 0 Å². The first-order valence-electron chi connectivity index (χ1n) is 4.70. The third-order valence-electron chi connectivity index (χ3n) is 1.94. The van der Waals surface area contributed by atoms with E-state index in [1.165, 1.54) is 0 Å². The molecule has 1 heterocycles. The predicted molar refractivity (Wildman–Crippen MR) is 68.1 cm³/mol. The summed E-state index contributed by atoms with van der Waals surface area (Å²) >= 11 is 17.3. The second kappa shape index (κ2) is 5.54. The lowest BCUT2D eigenvalue weighted by molar-refractivity contribution is 0.454. The van der Waals surface area contributed by atoms with E-state index < -0.39 is 0 Å². The van der Waals surface area contributed by atoms with Crippen LogP contribution in [0.25, 0.3) is 0 Å². The highest BCUT2D eigenvalue weighted by Crippen LogP contribution is 2.30. The molecule has 0 amide bonds. The number of hydrogen-bond donors (Lipinski definition) is 0. The van der Waals surface area contributed by atoms with Crippen molar-refractivity contribution in [3.8, 4) is 11.6 Å². The number of hydrogen-bond acceptors (Lipinski definition) is 3. The van der Waals surface area contributed by atoms with Crippen molar-refractivity contribution >= 4 is 34.8 Å². The minimum Gasteiger partial charge on any atom is -0.436 e. The van der Waals surface area contributed by atoms with Crippen molar-refractivity contribution in [3.05, 3.63) is 46.1 Å². The molecule has 0 bridgehead atoms. The van der Waals surface area contributed by atoms with E-state index in [0.29, 0.717) is 33.2 Å². The smallest absolute Gasteiger partial charge is 0.238 e. The van der Waals surface area contributed by atoms with Crippen LogP contribution >= 0.6 is 34.8 Å². The minimum atomic E-state index is 0.314. The molecule has 0 aliphatic carbocycles. The molecule has 0 fully saturated rings. The van der Waals surface area contributed by atoms with Crippen LogP contribution in [0.5, 0.6) is 11.6 Å². The average molecular weight is 290 g/mol. The van der Waals surface area contributed by atoms with Gasteiger partial charge in [0.05, 0.1) is 16.6 Å². The van der Waals surface area contributed by atoms with Crippen molar-refractivity contribution in [3.63, 3.8) is 0 Å². The number of benzene rings is 1. The van der Waals surface area contributed by atoms with Crippen LogP contribution in [0.4, 0.5) is 0 Å². The molecule has 0 aliphatic rings. The summed E-state index contributed by atoms with van der Waals surface area (Å²) in [4.78, 5) is 0. The van der Waals surface area contributed by atoms with Crippen molar-refractivity contribution in [1.29, 1.82) is 0 Å². The van der Waals surface area contributed by atoms with Gasteiger partial charge in [-0.2, -0.15) is 5.10 Å². The number of alkyl halides is 1. The van der Waals surface area contributed by atoms with E-state index in [4.69, 9.17) is 39.5 Å². The average Bonchev–Trinajstić information content (AvgIpc) is 2.34. The van der Waals surface area contributed by atoms with Gasteiger partial charge < -0.3 is 4.74 Å². The molecule has 0 saturated heterocycles. The summed E-state index contributed by atoms with van der Waals surface area (Å²) in [5.41, 5.74) is 0.682. The number of nitrogens with zero attached hydrogens (tertiary/aromatic N) is 2. The fourth-order valence-corrected chi connectivity index (χ4v) is 1.73. The Bertz CT molecular complexity index is 517. The number of aromatic nitrogens is 2. The lowest BCUT2D eigenvalue weighted by Gasteiger charge is -2.06. The molecule has 0 saturated carbocycles. The van der Waals surface area contributed by atoms with Crippen LogP contribution < -0.4 is 4.74 Å². The normalized spacial score (nSPS) is 10.3. The lowest BCUT2D eigenvalue weighted by Crippen LogP contribution is -1.93. The van der Waals surface area contributed by atoms with Gasteiger partial charge in [-0.1, -0.05) is 23.2 Å². The molecule has 2 aromatic rings. The Morgan fingerprint density at radius 1 is 1.06 bits per heavy atom. The minimum absolute atomic E-state index is 0.314. The van der Waals surface area contributed by atoms with Gasteiger partial charge in [-0.15, -0.1) is 16.7 Å². The van der Waals surface area contributed by atoms with Gasteiger partial charge in [0.25, 0.3) is 0 Å². The van der Waals surface area contributed by atoms with Crippen molar-refractivity contribution in [2.24, 2.45) is 0 Å². The van der Waals surface area contributed by atoms with Gasteiger partial charge in [0.15, 0.2) is 0 Å². The van der Waals surface area contributed by atoms with Crippen molar-refractivity contribution in [2.45, 2.75) is 5.88 Å². The zero-order chi connectivity index (χ0) is 12.3. The Labute approximate surface area is 113 Å². The quantitative estimate of drug-likeness (QED) is 0.790. The summed E-state index contributed by atoms with van der Waals surface area (Å²) in [6.07, 6.45) is 0. The molecule has 17 heavy (non-hydrogen) atoms. The topological polar surface area (TPSA) is 35.0 Å². The van der Waals surface area contributed by atoms with Gasteiger partial charge in [-0.05, 0) is 24.3 Å². The molecular formula is C11H7Cl3N2O. The summed E-state index contributed by atoms with van der Waals surface area (Å²) in [6.45, 7) is 0. The molecule has 0 N–H and O–H groups in total. The van der Waals surface area contributed by atoms with Gasteiger partial charge in [-0.25, -0.2) is 0 Å². The van der Waals surface area contributed by atoms with Crippen LogP contribution in [0.2, 0.25) is 10.0 Å². The van der Waals surface area contributed by atoms with Crippen molar-refractivity contribution in [1.82, 2.24) is 10.2 Å². The molecule has 0 unspecified atom stereocenters. The first-order chi connectivity index (χ1) is 8.19. The molecule has 88 valence electrons. The number of rotatable bonds is 3. The molecule has 0 aliphatic heterocycles. The molecule has 6 heteroatoms. The Hall–Kier alpha value is -1.03. The Morgan fingerprint density at radius 2 is 1.88 bits per heavy atom. The second-order valence-electron chi connectivity index (χ2n) is 3.17. The zero-order valence-corrected chi connectivity index (χ0v) is 10.8. The van der Waals surface area contributed by atoms with Gasteiger partial charge >= 0.3 is 0 Å². The summed E-state index contributed by atoms with van der Waals surface area (Å²) in [7, 11) is 0. The van der Waals surface area contributed by atoms with Gasteiger partial charge in [-0.3, -0.25) is 0 Å². The molecular weight excluding hydrogens is 282 g/mol. The number of halogens is 3. The molecule has 0 radical (unpaired) electrons. The van der Waals surface area contributed by atoms with E-state index in [9.17, 15) is 0 Å². The molecule has 0 atom stereocenters. The summed E-state index contributed by atoms with van der Waals surface area (Å²) in [5, 5.41) is 8.69. The van der Waals surface area contributed by atoms with E-state index in [1.807, 2.05) is 0 Å². The zero-order valence-electron chi connectivity index (χ0n) is 8.53. The fourth-order valence-electron chi connectivity index (χ4n) is 1.14. The van der Waals surface area contributed by atoms with E-state index in [1.54, 1.807) is 30.3 Å². The summed E-state index contributed by atoms with van der Waals surface area (Å²) in [5.74, 6) is 1.14. The first-order valence-corrected chi connectivity index (χ1v) is 5.99. The SMILES string of the molecule is ClCc1ccc(Oc2ccc(Cl)cc2Cl)nn1. The third kappa shape index (κ3) is 3.22. The Morgan fingerprint density at radius 3 is 2.47 bits per heavy atom. The van der Waals surface area contributed by atoms with E-state index in [0.717, 1.165) is 0 Å². The predicted octanol–water partition coefficient (Wildman–Crippen LogP) is 4.31. The van der Waals surface area contributed by atoms with Gasteiger partial charge in [0.1, 0.15) is 5.75 Å².